The van der Waals surface area contributed by atoms with Crippen molar-refractivity contribution in [3.63, 3.8) is 0 Å². The Balaban J connectivity index is 2.60. The predicted molar refractivity (Wildman–Crippen MR) is 50.9 cm³/mol. The quantitative estimate of drug-likeness (QED) is 0.411. The van der Waals surface area contributed by atoms with Gasteiger partial charge in [-0.25, -0.2) is 0 Å². The molecule has 0 aliphatic heterocycles. The molecule has 0 N–H and O–H groups in total. The predicted octanol–water partition coefficient (Wildman–Crippen LogP) is 1.36. The van der Waals surface area contributed by atoms with Crippen molar-refractivity contribution >= 4 is 23.2 Å². The molecule has 0 spiro atoms. The number of nitro groups is 1. The van der Waals surface area contributed by atoms with Crippen LogP contribution in [0.3, 0.4) is 0 Å². The lowest BCUT2D eigenvalue weighted by atomic mass is 10.1. The molecule has 0 aromatic heterocycles. The van der Waals surface area contributed by atoms with Gasteiger partial charge in [0, 0.05) is 21.1 Å². The zero-order chi connectivity index (χ0) is 11.2. The van der Waals surface area contributed by atoms with Crippen molar-refractivity contribution in [2.45, 2.75) is 6.04 Å². The van der Waals surface area contributed by atoms with Crippen LogP contribution in [0.2, 0.25) is 5.02 Å². The Kier molecular flexibility index (Phi) is 2.04. The molecule has 1 aromatic carbocycles. The maximum Gasteiger partial charge on any atom is 0.336 e. The van der Waals surface area contributed by atoms with Crippen molar-refractivity contribution < 1.29 is 14.5 Å². The second kappa shape index (κ2) is 3.13. The molecule has 6 heteroatoms. The Hall–Kier alpha value is -1.75. The first-order valence-electron chi connectivity index (χ1n) is 4.04. The number of carbonyl (C=O) groups is 2. The summed E-state index contributed by atoms with van der Waals surface area (Å²) in [4.78, 5) is 32.6. The summed E-state index contributed by atoms with van der Waals surface area (Å²) in [7, 11) is 0. The average Bonchev–Trinajstić information content (AvgIpc) is 2.39. The van der Waals surface area contributed by atoms with E-state index in [1.807, 2.05) is 0 Å². The summed E-state index contributed by atoms with van der Waals surface area (Å²) >= 11 is 5.63. The van der Waals surface area contributed by atoms with Crippen LogP contribution in [-0.4, -0.2) is 22.5 Å². The second-order valence-electron chi connectivity index (χ2n) is 3.11. The number of Topliss-reactive ketones (excluding diaryl/α,β-unsaturated/α-hetero) is 2. The Labute approximate surface area is 88.8 Å². The lowest BCUT2D eigenvalue weighted by molar-refractivity contribution is -0.488. The fourth-order valence-electron chi connectivity index (χ4n) is 1.54. The summed E-state index contributed by atoms with van der Waals surface area (Å²) in [5, 5.41) is 10.8. The van der Waals surface area contributed by atoms with E-state index in [-0.39, 0.29) is 16.1 Å². The highest BCUT2D eigenvalue weighted by molar-refractivity contribution is 6.33. The van der Waals surface area contributed by atoms with Gasteiger partial charge in [0.25, 0.3) is 0 Å². The molecule has 76 valence electrons. The molecule has 1 aliphatic rings. The van der Waals surface area contributed by atoms with E-state index in [0.717, 1.165) is 0 Å². The summed E-state index contributed by atoms with van der Waals surface area (Å²) in [6.07, 6.45) is 0. The van der Waals surface area contributed by atoms with Crippen molar-refractivity contribution in [3.8, 4) is 0 Å². The molecular weight excluding hydrogens is 222 g/mol. The van der Waals surface area contributed by atoms with Gasteiger partial charge in [0.2, 0.25) is 11.6 Å². The molecule has 0 fully saturated rings. The molecule has 2 rings (SSSR count). The van der Waals surface area contributed by atoms with E-state index in [9.17, 15) is 19.7 Å². The molecule has 15 heavy (non-hydrogen) atoms. The van der Waals surface area contributed by atoms with Gasteiger partial charge in [-0.2, -0.15) is 0 Å². The van der Waals surface area contributed by atoms with E-state index in [2.05, 4.69) is 0 Å². The second-order valence-corrected chi connectivity index (χ2v) is 3.54. The Morgan fingerprint density at radius 1 is 1.20 bits per heavy atom. The average molecular weight is 226 g/mol. The first kappa shape index (κ1) is 9.79. The number of benzene rings is 1. The fraction of sp³-hybridized carbons (Fsp3) is 0.111. The van der Waals surface area contributed by atoms with E-state index >= 15 is 0 Å². The topological polar surface area (TPSA) is 77.3 Å². The minimum absolute atomic E-state index is 0.0363. The smallest absolute Gasteiger partial charge is 0.286 e. The molecule has 0 bridgehead atoms. The number of ketones is 2. The van der Waals surface area contributed by atoms with Crippen molar-refractivity contribution in [1.29, 1.82) is 0 Å². The molecular formula is C9H4ClNO4. The third-order valence-corrected chi connectivity index (χ3v) is 2.46. The van der Waals surface area contributed by atoms with Gasteiger partial charge in [-0.05, 0) is 18.2 Å². The molecule has 1 atom stereocenters. The Bertz CT molecular complexity index is 497. The van der Waals surface area contributed by atoms with E-state index in [4.69, 9.17) is 11.6 Å². The number of hydrogen-bond acceptors (Lipinski definition) is 4. The summed E-state index contributed by atoms with van der Waals surface area (Å²) in [6.45, 7) is 0. The highest BCUT2D eigenvalue weighted by Gasteiger charge is 2.47. The zero-order valence-corrected chi connectivity index (χ0v) is 8.02. The standard InChI is InChI=1S/C9H4ClNO4/c10-4-1-2-5-6(3-4)9(13)7(8(5)12)11(14)15/h1-3,7H. The van der Waals surface area contributed by atoms with Crippen LogP contribution in [0.1, 0.15) is 20.7 Å². The van der Waals surface area contributed by atoms with Gasteiger partial charge in [0.15, 0.2) is 0 Å². The molecule has 1 aromatic rings. The third-order valence-electron chi connectivity index (χ3n) is 2.22. The molecule has 0 saturated heterocycles. The number of halogens is 1. The zero-order valence-electron chi connectivity index (χ0n) is 7.27. The van der Waals surface area contributed by atoms with Crippen LogP contribution in [0, 0.1) is 10.1 Å². The molecule has 1 aliphatic carbocycles. The van der Waals surface area contributed by atoms with Gasteiger partial charge in [-0.15, -0.1) is 0 Å². The summed E-state index contributed by atoms with van der Waals surface area (Å²) in [5.41, 5.74) is 0.111. The number of fused-ring (bicyclic) bond motifs is 1. The van der Waals surface area contributed by atoms with Gasteiger partial charge in [-0.1, -0.05) is 11.6 Å². The summed E-state index contributed by atoms with van der Waals surface area (Å²) in [5.74, 6) is -1.56. The monoisotopic (exact) mass is 225 g/mol. The minimum Gasteiger partial charge on any atom is -0.286 e. The molecule has 0 saturated carbocycles. The van der Waals surface area contributed by atoms with Crippen LogP contribution in [0.25, 0.3) is 0 Å². The van der Waals surface area contributed by atoms with Gasteiger partial charge in [-0.3, -0.25) is 19.7 Å². The van der Waals surface area contributed by atoms with Crippen molar-refractivity contribution in [3.05, 3.63) is 44.5 Å². The largest absolute Gasteiger partial charge is 0.336 e. The number of rotatable bonds is 1. The first-order valence-corrected chi connectivity index (χ1v) is 4.41. The maximum atomic E-state index is 11.5. The van der Waals surface area contributed by atoms with Crippen LogP contribution in [-0.2, 0) is 0 Å². The van der Waals surface area contributed by atoms with Crippen LogP contribution in [0.15, 0.2) is 18.2 Å². The highest BCUT2D eigenvalue weighted by atomic mass is 35.5. The SMILES string of the molecule is O=C1c2ccc(Cl)cc2C(=O)C1[N+](=O)[O-]. The fourth-order valence-corrected chi connectivity index (χ4v) is 1.71. The number of nitrogens with zero attached hydrogens (tertiary/aromatic N) is 1. The number of carbonyl (C=O) groups excluding carboxylic acids is 2. The van der Waals surface area contributed by atoms with Crippen LogP contribution in [0.5, 0.6) is 0 Å². The molecule has 0 radical (unpaired) electrons. The van der Waals surface area contributed by atoms with Crippen molar-refractivity contribution in [2.75, 3.05) is 0 Å². The van der Waals surface area contributed by atoms with E-state index in [1.165, 1.54) is 18.2 Å². The lowest BCUT2D eigenvalue weighted by Crippen LogP contribution is -2.31. The van der Waals surface area contributed by atoms with E-state index in [0.29, 0.717) is 0 Å². The number of hydrogen-bond donors (Lipinski definition) is 0. The molecule has 5 nitrogen and oxygen atoms in total. The van der Waals surface area contributed by atoms with Gasteiger partial charge in [0.1, 0.15) is 0 Å². The van der Waals surface area contributed by atoms with Crippen molar-refractivity contribution in [2.24, 2.45) is 0 Å². The Morgan fingerprint density at radius 3 is 2.40 bits per heavy atom. The maximum absolute atomic E-state index is 11.5. The third kappa shape index (κ3) is 1.32. The van der Waals surface area contributed by atoms with Gasteiger partial charge < -0.3 is 0 Å². The highest BCUT2D eigenvalue weighted by Crippen LogP contribution is 2.26. The summed E-state index contributed by atoms with van der Waals surface area (Å²) in [6, 6.07) is 2.24. The lowest BCUT2D eigenvalue weighted by Gasteiger charge is -1.94. The Morgan fingerprint density at radius 2 is 1.80 bits per heavy atom. The van der Waals surface area contributed by atoms with E-state index < -0.39 is 22.5 Å². The van der Waals surface area contributed by atoms with Crippen LogP contribution < -0.4 is 0 Å². The van der Waals surface area contributed by atoms with Crippen LogP contribution >= 0.6 is 11.6 Å². The minimum atomic E-state index is -1.79. The van der Waals surface area contributed by atoms with Crippen molar-refractivity contribution in [1.82, 2.24) is 0 Å². The molecule has 1 unspecified atom stereocenters. The summed E-state index contributed by atoms with van der Waals surface area (Å²) < 4.78 is 0. The van der Waals surface area contributed by atoms with Crippen LogP contribution in [0.4, 0.5) is 0 Å². The van der Waals surface area contributed by atoms with Gasteiger partial charge in [0.05, 0.1) is 0 Å². The molecule has 0 amide bonds. The normalized spacial score (nSPS) is 19.1. The molecule has 0 heterocycles. The van der Waals surface area contributed by atoms with E-state index in [1.54, 1.807) is 0 Å². The first-order chi connectivity index (χ1) is 7.02. The van der Waals surface area contributed by atoms with Gasteiger partial charge >= 0.3 is 6.04 Å².